The van der Waals surface area contributed by atoms with E-state index < -0.39 is 0 Å². The Labute approximate surface area is 91.2 Å². The number of piperidine rings is 1. The zero-order valence-corrected chi connectivity index (χ0v) is 9.49. The van der Waals surface area contributed by atoms with Gasteiger partial charge >= 0.3 is 0 Å². The van der Waals surface area contributed by atoms with Crippen molar-refractivity contribution < 1.29 is 4.79 Å². The zero-order valence-electron chi connectivity index (χ0n) is 9.49. The minimum Gasteiger partial charge on any atom is -0.344 e. The van der Waals surface area contributed by atoms with E-state index >= 15 is 0 Å². The van der Waals surface area contributed by atoms with Crippen molar-refractivity contribution in [3.63, 3.8) is 0 Å². The predicted octanol–water partition coefficient (Wildman–Crippen LogP) is 0.889. The van der Waals surface area contributed by atoms with Crippen molar-refractivity contribution in [2.24, 2.45) is 0 Å². The summed E-state index contributed by atoms with van der Waals surface area (Å²) in [5, 5.41) is 12.1. The van der Waals surface area contributed by atoms with Crippen LogP contribution in [-0.4, -0.2) is 36.5 Å². The summed E-state index contributed by atoms with van der Waals surface area (Å²) >= 11 is 0. The number of nitrogens with one attached hydrogen (secondary N) is 1. The Morgan fingerprint density at radius 1 is 1.73 bits per heavy atom. The van der Waals surface area contributed by atoms with E-state index in [0.717, 1.165) is 19.4 Å². The number of nitrogens with zero attached hydrogens (tertiary/aromatic N) is 2. The van der Waals surface area contributed by atoms with Crippen LogP contribution in [0.3, 0.4) is 0 Å². The Balaban J connectivity index is 2.38. The second kappa shape index (κ2) is 5.72. The molecule has 0 aromatic heterocycles. The lowest BCUT2D eigenvalue weighted by molar-refractivity contribution is -0.132. The Morgan fingerprint density at radius 2 is 2.47 bits per heavy atom. The van der Waals surface area contributed by atoms with Crippen LogP contribution in [0.2, 0.25) is 0 Å². The average molecular weight is 209 g/mol. The first-order valence-electron chi connectivity index (χ1n) is 5.54. The summed E-state index contributed by atoms with van der Waals surface area (Å²) in [7, 11) is 1.83. The molecule has 1 saturated heterocycles. The van der Waals surface area contributed by atoms with E-state index in [0.29, 0.717) is 18.9 Å². The molecule has 0 radical (unpaired) electrons. The van der Waals surface area contributed by atoms with E-state index in [1.165, 1.54) is 0 Å². The van der Waals surface area contributed by atoms with Gasteiger partial charge in [-0.15, -0.1) is 0 Å². The highest BCUT2D eigenvalue weighted by atomic mass is 16.2. The fraction of sp³-hybridized carbons (Fsp3) is 0.818. The minimum absolute atomic E-state index is 0.224. The van der Waals surface area contributed by atoms with Crippen molar-refractivity contribution in [1.82, 2.24) is 10.2 Å². The molecule has 0 aliphatic carbocycles. The van der Waals surface area contributed by atoms with Crippen molar-refractivity contribution in [3.8, 4) is 6.07 Å². The largest absolute Gasteiger partial charge is 0.344 e. The third kappa shape index (κ3) is 3.52. The molecule has 0 spiro atoms. The molecule has 1 aliphatic rings. The highest BCUT2D eigenvalue weighted by molar-refractivity contribution is 5.76. The molecule has 1 amide bonds. The Bertz CT molecular complexity index is 259. The Morgan fingerprint density at radius 3 is 3.00 bits per heavy atom. The molecule has 1 fully saturated rings. The fourth-order valence-corrected chi connectivity index (χ4v) is 1.91. The maximum atomic E-state index is 11.3. The van der Waals surface area contributed by atoms with Gasteiger partial charge in [-0.3, -0.25) is 4.79 Å². The summed E-state index contributed by atoms with van der Waals surface area (Å²) in [6, 6.07) is 2.80. The number of nitriles is 1. The van der Waals surface area contributed by atoms with Gasteiger partial charge in [-0.05, 0) is 12.8 Å². The van der Waals surface area contributed by atoms with Crippen LogP contribution in [0.5, 0.6) is 0 Å². The number of amides is 1. The smallest absolute Gasteiger partial charge is 0.222 e. The Kier molecular flexibility index (Phi) is 4.57. The lowest BCUT2D eigenvalue weighted by Crippen LogP contribution is -2.49. The number of hydrogen-bond acceptors (Lipinski definition) is 3. The molecule has 0 bridgehead atoms. The van der Waals surface area contributed by atoms with Crippen LogP contribution in [0, 0.1) is 11.3 Å². The first-order valence-corrected chi connectivity index (χ1v) is 5.54. The second-order valence-corrected chi connectivity index (χ2v) is 4.14. The van der Waals surface area contributed by atoms with Gasteiger partial charge in [0.15, 0.2) is 0 Å². The number of likely N-dealkylation sites (N-methyl/N-ethyl adjacent to an activating group) is 1. The van der Waals surface area contributed by atoms with E-state index in [2.05, 4.69) is 18.3 Å². The standard InChI is InChI=1S/C11H19N3O/c1-3-9(6-7-12)13-10-4-5-11(15)14(2)8-10/h9-10,13H,3-6,8H2,1-2H3. The van der Waals surface area contributed by atoms with Gasteiger partial charge in [0.2, 0.25) is 5.91 Å². The molecular formula is C11H19N3O. The highest BCUT2D eigenvalue weighted by Crippen LogP contribution is 2.11. The molecule has 0 aromatic carbocycles. The number of rotatable bonds is 4. The molecule has 2 atom stereocenters. The third-order valence-electron chi connectivity index (χ3n) is 2.93. The molecule has 1 aliphatic heterocycles. The topological polar surface area (TPSA) is 56.1 Å². The SMILES string of the molecule is CCC(CC#N)NC1CCC(=O)N(C)C1. The number of carbonyl (C=O) groups is 1. The minimum atomic E-state index is 0.224. The van der Waals surface area contributed by atoms with E-state index in [1.807, 2.05) is 7.05 Å². The van der Waals surface area contributed by atoms with E-state index in [4.69, 9.17) is 5.26 Å². The lowest BCUT2D eigenvalue weighted by atomic mass is 10.0. The van der Waals surface area contributed by atoms with Crippen molar-refractivity contribution in [2.75, 3.05) is 13.6 Å². The summed E-state index contributed by atoms with van der Waals surface area (Å²) in [6.07, 6.45) is 3.02. The molecule has 0 aromatic rings. The Hall–Kier alpha value is -1.08. The van der Waals surface area contributed by atoms with E-state index in [1.54, 1.807) is 4.90 Å². The van der Waals surface area contributed by atoms with Crippen LogP contribution in [0.15, 0.2) is 0 Å². The average Bonchev–Trinajstić information content (AvgIpc) is 2.23. The number of likely N-dealkylation sites (tertiary alicyclic amines) is 1. The molecular weight excluding hydrogens is 190 g/mol. The summed E-state index contributed by atoms with van der Waals surface area (Å²) < 4.78 is 0. The third-order valence-corrected chi connectivity index (χ3v) is 2.93. The van der Waals surface area contributed by atoms with Crippen molar-refractivity contribution >= 4 is 5.91 Å². The van der Waals surface area contributed by atoms with E-state index in [9.17, 15) is 4.79 Å². The summed E-state index contributed by atoms with van der Waals surface area (Å²) in [5.74, 6) is 0.224. The second-order valence-electron chi connectivity index (χ2n) is 4.14. The molecule has 4 heteroatoms. The molecule has 2 unspecified atom stereocenters. The molecule has 1 N–H and O–H groups in total. The first-order chi connectivity index (χ1) is 7.17. The van der Waals surface area contributed by atoms with Crippen LogP contribution in [0.4, 0.5) is 0 Å². The van der Waals surface area contributed by atoms with Gasteiger partial charge in [-0.1, -0.05) is 6.92 Å². The molecule has 0 saturated carbocycles. The maximum absolute atomic E-state index is 11.3. The van der Waals surface area contributed by atoms with Gasteiger partial charge in [0.1, 0.15) is 0 Å². The number of hydrogen-bond donors (Lipinski definition) is 1. The summed E-state index contributed by atoms with van der Waals surface area (Å²) in [6.45, 7) is 2.84. The monoisotopic (exact) mass is 209 g/mol. The first kappa shape index (κ1) is 12.0. The maximum Gasteiger partial charge on any atom is 0.222 e. The van der Waals surface area contributed by atoms with Crippen molar-refractivity contribution in [3.05, 3.63) is 0 Å². The van der Waals surface area contributed by atoms with Gasteiger partial charge in [0.05, 0.1) is 12.5 Å². The van der Waals surface area contributed by atoms with Gasteiger partial charge in [-0.2, -0.15) is 5.26 Å². The predicted molar refractivity (Wildman–Crippen MR) is 58.1 cm³/mol. The summed E-state index contributed by atoms with van der Waals surface area (Å²) in [4.78, 5) is 13.0. The quantitative estimate of drug-likeness (QED) is 0.748. The van der Waals surface area contributed by atoms with Crippen LogP contribution in [0.25, 0.3) is 0 Å². The molecule has 4 nitrogen and oxygen atoms in total. The van der Waals surface area contributed by atoms with E-state index in [-0.39, 0.29) is 11.9 Å². The highest BCUT2D eigenvalue weighted by Gasteiger charge is 2.23. The van der Waals surface area contributed by atoms with Crippen LogP contribution >= 0.6 is 0 Å². The van der Waals surface area contributed by atoms with Gasteiger partial charge in [0.25, 0.3) is 0 Å². The van der Waals surface area contributed by atoms with Crippen LogP contribution < -0.4 is 5.32 Å². The van der Waals surface area contributed by atoms with Crippen LogP contribution in [0.1, 0.15) is 32.6 Å². The van der Waals surface area contributed by atoms with Crippen molar-refractivity contribution in [2.45, 2.75) is 44.7 Å². The molecule has 15 heavy (non-hydrogen) atoms. The molecule has 1 heterocycles. The normalized spacial score (nSPS) is 23.7. The molecule has 84 valence electrons. The van der Waals surface area contributed by atoms with Gasteiger partial charge < -0.3 is 10.2 Å². The number of carbonyl (C=O) groups excluding carboxylic acids is 1. The van der Waals surface area contributed by atoms with Gasteiger partial charge in [-0.25, -0.2) is 0 Å². The van der Waals surface area contributed by atoms with Gasteiger partial charge in [0, 0.05) is 32.1 Å². The molecule has 1 rings (SSSR count). The summed E-state index contributed by atoms with van der Waals surface area (Å²) in [5.41, 5.74) is 0. The fourth-order valence-electron chi connectivity index (χ4n) is 1.91. The lowest BCUT2D eigenvalue weighted by Gasteiger charge is -2.32. The zero-order chi connectivity index (χ0) is 11.3. The van der Waals surface area contributed by atoms with Crippen LogP contribution in [-0.2, 0) is 4.79 Å². The van der Waals surface area contributed by atoms with Crippen molar-refractivity contribution in [1.29, 1.82) is 5.26 Å².